The Labute approximate surface area is 168 Å². The number of alkyl halides is 2. The summed E-state index contributed by atoms with van der Waals surface area (Å²) in [6.45, 7) is -1.88. The maximum Gasteiger partial charge on any atom is 0.387 e. The normalized spacial score (nSPS) is 11.6. The molecule has 0 fully saturated rings. The van der Waals surface area contributed by atoms with Crippen LogP contribution in [0.25, 0.3) is 0 Å². The van der Waals surface area contributed by atoms with Gasteiger partial charge in [0.1, 0.15) is 0 Å². The van der Waals surface area contributed by atoms with Gasteiger partial charge in [-0.05, 0) is 13.0 Å². The number of nitrogens with zero attached hydrogens (tertiary/aromatic N) is 1. The first kappa shape index (κ1) is 23.2. The summed E-state index contributed by atoms with van der Waals surface area (Å²) in [5, 5.41) is 5.23. The fraction of sp³-hybridized carbons (Fsp3) is 0.316. The van der Waals surface area contributed by atoms with Crippen LogP contribution < -0.4 is 20.1 Å². The lowest BCUT2D eigenvalue weighted by Crippen LogP contribution is -2.37. The molecule has 0 unspecified atom stereocenters. The molecule has 0 saturated heterocycles. The first-order valence-electron chi connectivity index (χ1n) is 8.74. The van der Waals surface area contributed by atoms with Crippen molar-refractivity contribution < 1.29 is 35.8 Å². The third kappa shape index (κ3) is 5.71. The largest absolute Gasteiger partial charge is 0.490 e. The maximum absolute atomic E-state index is 13.8. The van der Waals surface area contributed by atoms with Crippen LogP contribution in [0.1, 0.15) is 18.1 Å². The molecule has 5 nitrogen and oxygen atoms in total. The minimum atomic E-state index is -3.09. The lowest BCUT2D eigenvalue weighted by Gasteiger charge is -2.17. The average Bonchev–Trinajstić information content (AvgIpc) is 2.70. The Bertz CT molecular complexity index is 882. The molecular formula is C19H19F6N3O2. The van der Waals surface area contributed by atoms with Crippen molar-refractivity contribution in [2.24, 2.45) is 4.99 Å². The summed E-state index contributed by atoms with van der Waals surface area (Å²) in [7, 11) is 1.33. The molecule has 0 heterocycles. The molecule has 2 aromatic rings. The van der Waals surface area contributed by atoms with Crippen LogP contribution in [0.3, 0.4) is 0 Å². The number of guanidine groups is 1. The zero-order valence-electron chi connectivity index (χ0n) is 16.0. The monoisotopic (exact) mass is 435 g/mol. The van der Waals surface area contributed by atoms with Gasteiger partial charge in [-0.15, -0.1) is 0 Å². The zero-order chi connectivity index (χ0) is 22.3. The van der Waals surface area contributed by atoms with E-state index in [-0.39, 0.29) is 36.7 Å². The van der Waals surface area contributed by atoms with E-state index in [4.69, 9.17) is 4.74 Å². The Kier molecular flexibility index (Phi) is 8.19. The molecule has 0 radical (unpaired) electrons. The van der Waals surface area contributed by atoms with E-state index in [0.29, 0.717) is 5.56 Å². The Morgan fingerprint density at radius 3 is 2.23 bits per heavy atom. The molecule has 2 aromatic carbocycles. The minimum absolute atomic E-state index is 0.0109. The summed E-state index contributed by atoms with van der Waals surface area (Å²) in [5.74, 6) is -6.21. The second-order valence-electron chi connectivity index (χ2n) is 5.78. The SMILES string of the molecule is CCOc1cccc(CNC(=NC)NCc2c(F)c(F)cc(F)c2F)c1OC(F)F. The molecule has 0 aliphatic heterocycles. The van der Waals surface area contributed by atoms with Crippen molar-refractivity contribution in [1.29, 1.82) is 0 Å². The van der Waals surface area contributed by atoms with Crippen LogP contribution in [-0.4, -0.2) is 26.2 Å². The van der Waals surface area contributed by atoms with Crippen molar-refractivity contribution in [3.63, 3.8) is 0 Å². The van der Waals surface area contributed by atoms with Gasteiger partial charge in [0.25, 0.3) is 0 Å². The fourth-order valence-corrected chi connectivity index (χ4v) is 2.54. The number of hydrogen-bond acceptors (Lipinski definition) is 3. The Balaban J connectivity index is 2.13. The quantitative estimate of drug-likeness (QED) is 0.284. The highest BCUT2D eigenvalue weighted by Gasteiger charge is 2.20. The molecule has 0 amide bonds. The molecule has 30 heavy (non-hydrogen) atoms. The Hall–Kier alpha value is -3.11. The molecule has 0 saturated carbocycles. The number of ether oxygens (including phenoxy) is 2. The zero-order valence-corrected chi connectivity index (χ0v) is 16.0. The van der Waals surface area contributed by atoms with E-state index in [0.717, 1.165) is 0 Å². The van der Waals surface area contributed by atoms with Gasteiger partial charge in [-0.3, -0.25) is 4.99 Å². The number of aliphatic imine (C=N–C) groups is 1. The molecule has 2 rings (SSSR count). The molecule has 0 aliphatic rings. The highest BCUT2D eigenvalue weighted by molar-refractivity contribution is 5.79. The van der Waals surface area contributed by atoms with Crippen molar-refractivity contribution in [3.8, 4) is 11.5 Å². The summed E-state index contributed by atoms with van der Waals surface area (Å²) in [5.41, 5.74) is -0.561. The van der Waals surface area contributed by atoms with Gasteiger partial charge in [0.05, 0.1) is 6.61 Å². The highest BCUT2D eigenvalue weighted by atomic mass is 19.3. The fourth-order valence-electron chi connectivity index (χ4n) is 2.54. The second kappa shape index (κ2) is 10.6. The Morgan fingerprint density at radius 1 is 1.03 bits per heavy atom. The third-order valence-electron chi connectivity index (χ3n) is 3.87. The van der Waals surface area contributed by atoms with Crippen LogP contribution in [0.4, 0.5) is 26.3 Å². The van der Waals surface area contributed by atoms with E-state index in [2.05, 4.69) is 20.4 Å². The predicted molar refractivity (Wildman–Crippen MR) is 97.6 cm³/mol. The number of nitrogens with one attached hydrogen (secondary N) is 2. The van der Waals surface area contributed by atoms with Gasteiger partial charge in [-0.25, -0.2) is 17.6 Å². The Morgan fingerprint density at radius 2 is 1.67 bits per heavy atom. The van der Waals surface area contributed by atoms with Crippen LogP contribution in [0.15, 0.2) is 29.3 Å². The van der Waals surface area contributed by atoms with Crippen LogP contribution >= 0.6 is 0 Å². The smallest absolute Gasteiger partial charge is 0.387 e. The molecule has 0 bridgehead atoms. The molecule has 0 spiro atoms. The number of hydrogen-bond donors (Lipinski definition) is 2. The van der Waals surface area contributed by atoms with Gasteiger partial charge in [0.2, 0.25) is 0 Å². The van der Waals surface area contributed by atoms with E-state index in [9.17, 15) is 26.3 Å². The maximum atomic E-state index is 13.8. The van der Waals surface area contributed by atoms with E-state index in [1.165, 1.54) is 19.2 Å². The summed E-state index contributed by atoms with van der Waals surface area (Å²) < 4.78 is 89.5. The van der Waals surface area contributed by atoms with Gasteiger partial charge in [-0.1, -0.05) is 12.1 Å². The van der Waals surface area contributed by atoms with Crippen molar-refractivity contribution in [1.82, 2.24) is 10.6 Å². The van der Waals surface area contributed by atoms with Crippen molar-refractivity contribution in [2.45, 2.75) is 26.6 Å². The van der Waals surface area contributed by atoms with Crippen LogP contribution in [-0.2, 0) is 13.1 Å². The van der Waals surface area contributed by atoms with Crippen molar-refractivity contribution >= 4 is 5.96 Å². The molecule has 0 aliphatic carbocycles. The average molecular weight is 435 g/mol. The molecule has 164 valence electrons. The predicted octanol–water partition coefficient (Wildman–Crippen LogP) is 4.11. The lowest BCUT2D eigenvalue weighted by atomic mass is 10.1. The highest BCUT2D eigenvalue weighted by Crippen LogP contribution is 2.32. The second-order valence-corrected chi connectivity index (χ2v) is 5.78. The first-order valence-corrected chi connectivity index (χ1v) is 8.74. The number of para-hydroxylation sites is 1. The van der Waals surface area contributed by atoms with E-state index >= 15 is 0 Å². The van der Waals surface area contributed by atoms with Gasteiger partial charge in [-0.2, -0.15) is 8.78 Å². The van der Waals surface area contributed by atoms with E-state index in [1.54, 1.807) is 13.0 Å². The summed E-state index contributed by atoms with van der Waals surface area (Å²) in [4.78, 5) is 3.81. The lowest BCUT2D eigenvalue weighted by molar-refractivity contribution is -0.0520. The number of benzene rings is 2. The van der Waals surface area contributed by atoms with E-state index < -0.39 is 42.0 Å². The van der Waals surface area contributed by atoms with Gasteiger partial charge in [0.15, 0.2) is 40.7 Å². The molecule has 0 aromatic heterocycles. The standard InChI is InChI=1S/C19H19F6N3O2/c1-3-29-14-6-4-5-10(17(14)30-18(24)25)8-27-19(26-2)28-9-11-15(22)12(20)7-13(21)16(11)23/h4-7,18H,3,8-9H2,1-2H3,(H2,26,27,28). The summed E-state index contributed by atoms with van der Waals surface area (Å²) >= 11 is 0. The third-order valence-corrected chi connectivity index (χ3v) is 3.87. The molecule has 11 heteroatoms. The summed E-state index contributed by atoms with van der Waals surface area (Å²) in [6, 6.07) is 4.64. The summed E-state index contributed by atoms with van der Waals surface area (Å²) in [6.07, 6.45) is 0. The molecule has 0 atom stereocenters. The van der Waals surface area contributed by atoms with Crippen molar-refractivity contribution in [2.75, 3.05) is 13.7 Å². The van der Waals surface area contributed by atoms with Gasteiger partial charge in [0, 0.05) is 37.3 Å². The topological polar surface area (TPSA) is 54.9 Å². The number of rotatable bonds is 8. The number of halogens is 6. The first-order chi connectivity index (χ1) is 14.3. The molecule has 2 N–H and O–H groups in total. The molecular weight excluding hydrogens is 416 g/mol. The van der Waals surface area contributed by atoms with Crippen LogP contribution in [0.5, 0.6) is 11.5 Å². The van der Waals surface area contributed by atoms with Crippen molar-refractivity contribution in [3.05, 3.63) is 58.7 Å². The van der Waals surface area contributed by atoms with Gasteiger partial charge < -0.3 is 20.1 Å². The van der Waals surface area contributed by atoms with Gasteiger partial charge >= 0.3 is 6.61 Å². The minimum Gasteiger partial charge on any atom is -0.490 e. The van der Waals surface area contributed by atoms with Crippen LogP contribution in [0.2, 0.25) is 0 Å². The van der Waals surface area contributed by atoms with Crippen LogP contribution in [0, 0.1) is 23.3 Å². The van der Waals surface area contributed by atoms with E-state index in [1.807, 2.05) is 0 Å².